The Hall–Kier alpha value is -2.08. The number of rotatable bonds is 1. The molecule has 1 aromatic heterocycles. The van der Waals surface area contributed by atoms with Crippen molar-refractivity contribution in [3.8, 4) is 6.07 Å². The first-order valence-electron chi connectivity index (χ1n) is 7.13. The average Bonchev–Trinajstić information content (AvgIpc) is 2.46. The molecule has 1 saturated heterocycles. The molecule has 20 heavy (non-hydrogen) atoms. The molecule has 0 amide bonds. The molecule has 3 heteroatoms. The fraction of sp³-hybridized carbons (Fsp3) is 0.412. The highest BCUT2D eigenvalue weighted by molar-refractivity contribution is 5.94. The normalized spacial score (nSPS) is 17.9. The van der Waals surface area contributed by atoms with Crippen LogP contribution in [0.25, 0.3) is 10.9 Å². The summed E-state index contributed by atoms with van der Waals surface area (Å²) in [6, 6.07) is 10.4. The number of benzene rings is 1. The van der Waals surface area contributed by atoms with Crippen LogP contribution in [-0.2, 0) is 0 Å². The molecule has 0 radical (unpaired) electrons. The Bertz CT molecular complexity index is 672. The van der Waals surface area contributed by atoms with Gasteiger partial charge in [0.1, 0.15) is 6.07 Å². The lowest BCUT2D eigenvalue weighted by molar-refractivity contribution is 0.280. The Kier molecular flexibility index (Phi) is 3.10. The van der Waals surface area contributed by atoms with E-state index in [1.807, 2.05) is 18.2 Å². The number of hydrogen-bond acceptors (Lipinski definition) is 3. The van der Waals surface area contributed by atoms with Crippen molar-refractivity contribution < 1.29 is 0 Å². The summed E-state index contributed by atoms with van der Waals surface area (Å²) >= 11 is 0. The van der Waals surface area contributed by atoms with E-state index in [4.69, 9.17) is 0 Å². The van der Waals surface area contributed by atoms with Gasteiger partial charge in [-0.2, -0.15) is 5.26 Å². The Morgan fingerprint density at radius 2 is 1.90 bits per heavy atom. The largest absolute Gasteiger partial charge is 0.370 e. The molecule has 3 nitrogen and oxygen atoms in total. The zero-order valence-corrected chi connectivity index (χ0v) is 12.1. The first kappa shape index (κ1) is 12.9. The molecule has 1 aliphatic rings. The number of fused-ring (bicyclic) bond motifs is 1. The Balaban J connectivity index is 2.08. The molecule has 2 aromatic rings. The van der Waals surface area contributed by atoms with Crippen molar-refractivity contribution in [2.75, 3.05) is 18.0 Å². The smallest absolute Gasteiger partial charge is 0.103 e. The molecule has 1 fully saturated rings. The Morgan fingerprint density at radius 1 is 1.20 bits per heavy atom. The van der Waals surface area contributed by atoms with Crippen LogP contribution in [0, 0.1) is 16.7 Å². The van der Waals surface area contributed by atoms with Crippen LogP contribution in [0.5, 0.6) is 0 Å². The van der Waals surface area contributed by atoms with E-state index in [1.54, 1.807) is 6.20 Å². The van der Waals surface area contributed by atoms with Crippen molar-refractivity contribution >= 4 is 16.6 Å². The first-order chi connectivity index (χ1) is 9.61. The van der Waals surface area contributed by atoms with Crippen LogP contribution in [-0.4, -0.2) is 18.1 Å². The van der Waals surface area contributed by atoms with Gasteiger partial charge in [-0.1, -0.05) is 32.0 Å². The topological polar surface area (TPSA) is 39.9 Å². The van der Waals surface area contributed by atoms with E-state index >= 15 is 0 Å². The second kappa shape index (κ2) is 4.79. The van der Waals surface area contributed by atoms with Crippen molar-refractivity contribution in [3.63, 3.8) is 0 Å². The summed E-state index contributed by atoms with van der Waals surface area (Å²) in [6.45, 7) is 6.66. The Morgan fingerprint density at radius 3 is 2.60 bits per heavy atom. The van der Waals surface area contributed by atoms with Gasteiger partial charge in [0, 0.05) is 24.7 Å². The van der Waals surface area contributed by atoms with Crippen molar-refractivity contribution in [1.29, 1.82) is 5.26 Å². The molecule has 3 rings (SSSR count). The summed E-state index contributed by atoms with van der Waals surface area (Å²) in [6.07, 6.45) is 4.03. The number of piperidine rings is 1. The third-order valence-electron chi connectivity index (χ3n) is 4.30. The van der Waals surface area contributed by atoms with Crippen LogP contribution in [0.15, 0.2) is 30.5 Å². The molecule has 0 saturated carbocycles. The summed E-state index contributed by atoms with van der Waals surface area (Å²) in [5.41, 5.74) is 3.12. The highest BCUT2D eigenvalue weighted by Crippen LogP contribution is 2.36. The molecular weight excluding hydrogens is 246 g/mol. The maximum atomic E-state index is 9.39. The van der Waals surface area contributed by atoms with E-state index in [2.05, 4.69) is 35.9 Å². The van der Waals surface area contributed by atoms with Crippen LogP contribution in [0.2, 0.25) is 0 Å². The lowest BCUT2D eigenvalue weighted by Crippen LogP contribution is -2.37. The minimum absolute atomic E-state index is 0.409. The van der Waals surface area contributed by atoms with Gasteiger partial charge in [0.25, 0.3) is 0 Å². The molecule has 0 bridgehead atoms. The quantitative estimate of drug-likeness (QED) is 0.788. The molecular formula is C17H19N3. The second-order valence-electron chi connectivity index (χ2n) is 6.30. The van der Waals surface area contributed by atoms with Crippen LogP contribution in [0.1, 0.15) is 32.3 Å². The minimum Gasteiger partial charge on any atom is -0.370 e. The predicted molar refractivity (Wildman–Crippen MR) is 81.7 cm³/mol. The number of anilines is 1. The maximum absolute atomic E-state index is 9.39. The molecule has 1 aliphatic heterocycles. The summed E-state index contributed by atoms with van der Waals surface area (Å²) < 4.78 is 0. The number of hydrogen-bond donors (Lipinski definition) is 0. The Labute approximate surface area is 119 Å². The van der Waals surface area contributed by atoms with Crippen molar-refractivity contribution in [1.82, 2.24) is 4.98 Å². The van der Waals surface area contributed by atoms with Gasteiger partial charge >= 0.3 is 0 Å². The van der Waals surface area contributed by atoms with E-state index in [0.29, 0.717) is 11.0 Å². The van der Waals surface area contributed by atoms with Gasteiger partial charge in [-0.25, -0.2) is 0 Å². The van der Waals surface area contributed by atoms with Gasteiger partial charge < -0.3 is 4.90 Å². The molecule has 102 valence electrons. The molecule has 0 aliphatic carbocycles. The van der Waals surface area contributed by atoms with Crippen molar-refractivity contribution in [3.05, 3.63) is 36.0 Å². The standard InChI is InChI=1S/C17H19N3/c1-17(2)7-9-20(10-8-17)16-13(11-18)12-19-15-6-4-3-5-14(15)16/h3-6,12H,7-10H2,1-2H3. The van der Waals surface area contributed by atoms with E-state index in [9.17, 15) is 5.26 Å². The SMILES string of the molecule is CC1(C)CCN(c2c(C#N)cnc3ccccc23)CC1. The molecule has 0 N–H and O–H groups in total. The summed E-state index contributed by atoms with van der Waals surface area (Å²) in [7, 11) is 0. The molecule has 1 aromatic carbocycles. The fourth-order valence-corrected chi connectivity index (χ4v) is 2.88. The maximum Gasteiger partial charge on any atom is 0.103 e. The fourth-order valence-electron chi connectivity index (χ4n) is 2.88. The van der Waals surface area contributed by atoms with Gasteiger partial charge in [0.2, 0.25) is 0 Å². The highest BCUT2D eigenvalue weighted by Gasteiger charge is 2.27. The van der Waals surface area contributed by atoms with Crippen molar-refractivity contribution in [2.45, 2.75) is 26.7 Å². The highest BCUT2D eigenvalue weighted by atomic mass is 15.1. The van der Waals surface area contributed by atoms with E-state index < -0.39 is 0 Å². The molecule has 0 atom stereocenters. The van der Waals surface area contributed by atoms with Crippen molar-refractivity contribution in [2.24, 2.45) is 5.41 Å². The number of nitrogens with zero attached hydrogens (tertiary/aromatic N) is 3. The lowest BCUT2D eigenvalue weighted by atomic mass is 9.82. The lowest BCUT2D eigenvalue weighted by Gasteiger charge is -2.38. The third kappa shape index (κ3) is 2.22. The summed E-state index contributed by atoms with van der Waals surface area (Å²) in [4.78, 5) is 6.74. The third-order valence-corrected chi connectivity index (χ3v) is 4.30. The second-order valence-corrected chi connectivity index (χ2v) is 6.30. The molecule has 0 unspecified atom stereocenters. The predicted octanol–water partition coefficient (Wildman–Crippen LogP) is 3.73. The number of pyridine rings is 1. The van der Waals surface area contributed by atoms with E-state index in [1.165, 1.54) is 0 Å². The van der Waals surface area contributed by atoms with E-state index in [0.717, 1.165) is 42.5 Å². The molecule has 2 heterocycles. The van der Waals surface area contributed by atoms with E-state index in [-0.39, 0.29) is 0 Å². The minimum atomic E-state index is 0.409. The molecule has 0 spiro atoms. The number of aromatic nitrogens is 1. The zero-order chi connectivity index (χ0) is 14.2. The summed E-state index contributed by atoms with van der Waals surface area (Å²) in [5, 5.41) is 10.5. The van der Waals surface area contributed by atoms with Crippen LogP contribution in [0.3, 0.4) is 0 Å². The van der Waals surface area contributed by atoms with Gasteiger partial charge in [-0.05, 0) is 24.3 Å². The first-order valence-corrected chi connectivity index (χ1v) is 7.13. The number of para-hydroxylation sites is 1. The zero-order valence-electron chi connectivity index (χ0n) is 12.1. The number of nitriles is 1. The van der Waals surface area contributed by atoms with Crippen LogP contribution < -0.4 is 4.90 Å². The monoisotopic (exact) mass is 265 g/mol. The summed E-state index contributed by atoms with van der Waals surface area (Å²) in [5.74, 6) is 0. The van der Waals surface area contributed by atoms with Gasteiger partial charge in [-0.3, -0.25) is 4.98 Å². The van der Waals surface area contributed by atoms with Gasteiger partial charge in [0.05, 0.1) is 16.8 Å². The van der Waals surface area contributed by atoms with Crippen LogP contribution >= 0.6 is 0 Å². The average molecular weight is 265 g/mol. The van der Waals surface area contributed by atoms with Gasteiger partial charge in [0.15, 0.2) is 0 Å². The van der Waals surface area contributed by atoms with Gasteiger partial charge in [-0.15, -0.1) is 0 Å². The van der Waals surface area contributed by atoms with Crippen LogP contribution in [0.4, 0.5) is 5.69 Å².